The van der Waals surface area contributed by atoms with Crippen molar-refractivity contribution >= 4 is 16.1 Å². The number of carbonyl (C=O) groups is 1. The van der Waals surface area contributed by atoms with Gasteiger partial charge in [-0.15, -0.1) is 0 Å². The summed E-state index contributed by atoms with van der Waals surface area (Å²) in [6.45, 7) is 2.81. The third kappa shape index (κ3) is 2.56. The highest BCUT2D eigenvalue weighted by Crippen LogP contribution is 2.13. The maximum atomic E-state index is 11.4. The second-order valence-corrected chi connectivity index (χ2v) is 4.39. The van der Waals surface area contributed by atoms with Gasteiger partial charge in [-0.1, -0.05) is 12.1 Å². The van der Waals surface area contributed by atoms with E-state index in [1.54, 1.807) is 19.1 Å². The largest absolute Gasteiger partial charge is 0.343 e. The standard InChI is InChI=1S/C9H10O4S/c1-7-4-3-5-9(6-7)14(11,12)13-8(2)10/h3-6H,1-2H3. The van der Waals surface area contributed by atoms with Crippen LogP contribution in [0.5, 0.6) is 0 Å². The lowest BCUT2D eigenvalue weighted by atomic mass is 10.2. The van der Waals surface area contributed by atoms with E-state index in [1.807, 2.05) is 0 Å². The minimum atomic E-state index is -3.93. The van der Waals surface area contributed by atoms with Crippen LogP contribution in [0.2, 0.25) is 0 Å². The van der Waals surface area contributed by atoms with Crippen LogP contribution < -0.4 is 0 Å². The molecule has 1 rings (SSSR count). The van der Waals surface area contributed by atoms with Crippen molar-refractivity contribution in [2.45, 2.75) is 18.7 Å². The van der Waals surface area contributed by atoms with Gasteiger partial charge in [0.15, 0.2) is 0 Å². The van der Waals surface area contributed by atoms with Gasteiger partial charge in [-0.25, -0.2) is 0 Å². The van der Waals surface area contributed by atoms with Gasteiger partial charge in [-0.2, -0.15) is 8.42 Å². The van der Waals surface area contributed by atoms with Gasteiger partial charge in [0, 0.05) is 6.92 Å². The summed E-state index contributed by atoms with van der Waals surface area (Å²) in [5.41, 5.74) is 0.790. The second-order valence-electron chi connectivity index (χ2n) is 2.85. The molecule has 0 aliphatic rings. The van der Waals surface area contributed by atoms with E-state index in [0.29, 0.717) is 0 Å². The summed E-state index contributed by atoms with van der Waals surface area (Å²) in [5.74, 6) is -0.841. The monoisotopic (exact) mass is 214 g/mol. The Kier molecular flexibility index (Phi) is 2.90. The summed E-state index contributed by atoms with van der Waals surface area (Å²) in [4.78, 5) is 10.5. The summed E-state index contributed by atoms with van der Waals surface area (Å²) >= 11 is 0. The molecule has 0 aromatic heterocycles. The molecular formula is C9H10O4S. The van der Waals surface area contributed by atoms with Gasteiger partial charge in [0.05, 0.1) is 0 Å². The zero-order chi connectivity index (χ0) is 10.8. The summed E-state index contributed by atoms with van der Waals surface area (Å²) in [5, 5.41) is 0. The molecule has 0 radical (unpaired) electrons. The summed E-state index contributed by atoms with van der Waals surface area (Å²) in [6, 6.07) is 6.17. The lowest BCUT2D eigenvalue weighted by Gasteiger charge is -2.03. The Balaban J connectivity index is 3.11. The Morgan fingerprint density at radius 1 is 1.36 bits per heavy atom. The Morgan fingerprint density at radius 2 is 2.00 bits per heavy atom. The molecule has 0 amide bonds. The number of aryl methyl sites for hydroxylation is 1. The Hall–Kier alpha value is -1.36. The normalized spacial score (nSPS) is 11.0. The van der Waals surface area contributed by atoms with Crippen LogP contribution in [0.15, 0.2) is 29.2 Å². The summed E-state index contributed by atoms with van der Waals surface area (Å²) in [6.07, 6.45) is 0. The van der Waals surface area contributed by atoms with Crippen LogP contribution in [0.4, 0.5) is 0 Å². The SMILES string of the molecule is CC(=O)OS(=O)(=O)c1cccc(C)c1. The van der Waals surface area contributed by atoms with E-state index in [9.17, 15) is 13.2 Å². The van der Waals surface area contributed by atoms with Crippen molar-refractivity contribution in [3.8, 4) is 0 Å². The molecular weight excluding hydrogens is 204 g/mol. The van der Waals surface area contributed by atoms with Crippen LogP contribution in [0.3, 0.4) is 0 Å². The molecule has 0 spiro atoms. The van der Waals surface area contributed by atoms with Crippen LogP contribution in [-0.2, 0) is 19.1 Å². The van der Waals surface area contributed by atoms with Crippen molar-refractivity contribution in [2.24, 2.45) is 0 Å². The van der Waals surface area contributed by atoms with Crippen molar-refractivity contribution in [1.29, 1.82) is 0 Å². The average Bonchev–Trinajstić information content (AvgIpc) is 2.01. The van der Waals surface area contributed by atoms with E-state index in [-0.39, 0.29) is 4.90 Å². The number of hydrogen-bond acceptors (Lipinski definition) is 4. The van der Waals surface area contributed by atoms with Gasteiger partial charge in [0.25, 0.3) is 0 Å². The maximum absolute atomic E-state index is 11.4. The number of rotatable bonds is 2. The van der Waals surface area contributed by atoms with Crippen LogP contribution in [0.25, 0.3) is 0 Å². The molecule has 0 aliphatic heterocycles. The van der Waals surface area contributed by atoms with Crippen molar-refractivity contribution < 1.29 is 17.4 Å². The number of benzene rings is 1. The van der Waals surface area contributed by atoms with E-state index < -0.39 is 16.1 Å². The fraction of sp³-hybridized carbons (Fsp3) is 0.222. The highest BCUT2D eigenvalue weighted by atomic mass is 32.2. The molecule has 0 N–H and O–H groups in total. The number of carbonyl (C=O) groups excluding carboxylic acids is 1. The third-order valence-corrected chi connectivity index (χ3v) is 2.79. The molecule has 4 nitrogen and oxygen atoms in total. The zero-order valence-corrected chi connectivity index (χ0v) is 8.67. The first-order valence-corrected chi connectivity index (χ1v) is 5.34. The Morgan fingerprint density at radius 3 is 2.50 bits per heavy atom. The molecule has 14 heavy (non-hydrogen) atoms. The smallest absolute Gasteiger partial charge is 0.341 e. The first kappa shape index (κ1) is 10.7. The maximum Gasteiger partial charge on any atom is 0.341 e. The molecule has 1 aromatic rings. The van der Waals surface area contributed by atoms with Gasteiger partial charge >= 0.3 is 16.1 Å². The van der Waals surface area contributed by atoms with Crippen molar-refractivity contribution in [3.05, 3.63) is 29.8 Å². The molecule has 0 atom stereocenters. The molecule has 0 fully saturated rings. The molecule has 0 saturated carbocycles. The fourth-order valence-corrected chi connectivity index (χ4v) is 1.95. The molecule has 76 valence electrons. The Labute approximate surface area is 82.6 Å². The van der Waals surface area contributed by atoms with E-state index in [1.165, 1.54) is 12.1 Å². The predicted octanol–water partition coefficient (Wildman–Crippen LogP) is 1.25. The highest BCUT2D eigenvalue weighted by molar-refractivity contribution is 7.87. The van der Waals surface area contributed by atoms with Crippen molar-refractivity contribution in [2.75, 3.05) is 0 Å². The van der Waals surface area contributed by atoms with Gasteiger partial charge in [-0.3, -0.25) is 4.79 Å². The zero-order valence-electron chi connectivity index (χ0n) is 7.85. The number of hydrogen-bond donors (Lipinski definition) is 0. The lowest BCUT2D eigenvalue weighted by Crippen LogP contribution is -2.10. The predicted molar refractivity (Wildman–Crippen MR) is 50.1 cm³/mol. The van der Waals surface area contributed by atoms with Crippen LogP contribution in [-0.4, -0.2) is 14.4 Å². The van der Waals surface area contributed by atoms with Gasteiger partial charge in [-0.05, 0) is 24.6 Å². The first-order chi connectivity index (χ1) is 6.42. The second kappa shape index (κ2) is 3.79. The summed E-state index contributed by atoms with van der Waals surface area (Å²) in [7, 11) is -3.93. The lowest BCUT2D eigenvalue weighted by molar-refractivity contribution is -0.131. The molecule has 1 aromatic carbocycles. The molecule has 0 unspecified atom stereocenters. The molecule has 5 heteroatoms. The summed E-state index contributed by atoms with van der Waals surface area (Å²) < 4.78 is 26.9. The minimum absolute atomic E-state index is 0.00676. The molecule has 0 saturated heterocycles. The van der Waals surface area contributed by atoms with Gasteiger partial charge in [0.1, 0.15) is 4.90 Å². The van der Waals surface area contributed by atoms with Crippen molar-refractivity contribution in [1.82, 2.24) is 0 Å². The van der Waals surface area contributed by atoms with Gasteiger partial charge < -0.3 is 4.18 Å². The van der Waals surface area contributed by atoms with Crippen LogP contribution >= 0.6 is 0 Å². The van der Waals surface area contributed by atoms with Crippen molar-refractivity contribution in [3.63, 3.8) is 0 Å². The van der Waals surface area contributed by atoms with E-state index >= 15 is 0 Å². The molecule has 0 heterocycles. The first-order valence-electron chi connectivity index (χ1n) is 3.93. The van der Waals surface area contributed by atoms with E-state index in [4.69, 9.17) is 0 Å². The average molecular weight is 214 g/mol. The topological polar surface area (TPSA) is 60.4 Å². The van der Waals surface area contributed by atoms with Gasteiger partial charge in [0.2, 0.25) is 0 Å². The Bertz CT molecular complexity index is 448. The fourth-order valence-electron chi connectivity index (χ4n) is 0.973. The minimum Gasteiger partial charge on any atom is -0.343 e. The highest BCUT2D eigenvalue weighted by Gasteiger charge is 2.17. The van der Waals surface area contributed by atoms with E-state index in [0.717, 1.165) is 12.5 Å². The quantitative estimate of drug-likeness (QED) is 0.695. The third-order valence-electron chi connectivity index (χ3n) is 1.51. The molecule has 0 aliphatic carbocycles. The molecule has 0 bridgehead atoms. The van der Waals surface area contributed by atoms with Crippen LogP contribution in [0, 0.1) is 6.92 Å². The van der Waals surface area contributed by atoms with Crippen LogP contribution in [0.1, 0.15) is 12.5 Å². The van der Waals surface area contributed by atoms with E-state index in [2.05, 4.69) is 4.18 Å².